The van der Waals surface area contributed by atoms with Crippen LogP contribution in [-0.2, 0) is 14.3 Å². The SMILES string of the molecule is CC=CC(=O)O.CCC(O)COCCO.N=C=O. The van der Waals surface area contributed by atoms with Crippen LogP contribution in [0.2, 0.25) is 0 Å². The Kier molecular flexibility index (Phi) is 25.1. The molecular formula is C11H21NO6. The monoisotopic (exact) mass is 263 g/mol. The van der Waals surface area contributed by atoms with Crippen LogP contribution in [0.25, 0.3) is 0 Å². The molecule has 0 aromatic heterocycles. The van der Waals surface area contributed by atoms with Gasteiger partial charge in [-0.15, -0.1) is 0 Å². The summed E-state index contributed by atoms with van der Waals surface area (Å²) in [5.74, 6) is -0.891. The minimum Gasteiger partial charge on any atom is -0.478 e. The molecule has 0 amide bonds. The number of isocyanates is 1. The van der Waals surface area contributed by atoms with E-state index in [2.05, 4.69) is 0 Å². The van der Waals surface area contributed by atoms with Crippen molar-refractivity contribution in [1.29, 1.82) is 5.41 Å². The summed E-state index contributed by atoms with van der Waals surface area (Å²) in [6, 6.07) is 0. The fourth-order valence-electron chi connectivity index (χ4n) is 0.544. The molecule has 18 heavy (non-hydrogen) atoms. The second-order valence-electron chi connectivity index (χ2n) is 2.80. The van der Waals surface area contributed by atoms with Crippen LogP contribution in [0, 0.1) is 5.41 Å². The fourth-order valence-corrected chi connectivity index (χ4v) is 0.544. The van der Waals surface area contributed by atoms with Crippen LogP contribution in [0.4, 0.5) is 0 Å². The quantitative estimate of drug-likeness (QED) is 0.236. The molecule has 7 heteroatoms. The Bertz CT molecular complexity index is 236. The molecule has 0 radical (unpaired) electrons. The lowest BCUT2D eigenvalue weighted by atomic mass is 10.3. The van der Waals surface area contributed by atoms with Crippen molar-refractivity contribution in [3.8, 4) is 0 Å². The summed E-state index contributed by atoms with van der Waals surface area (Å²) in [5, 5.41) is 30.4. The highest BCUT2D eigenvalue weighted by Crippen LogP contribution is 1.89. The molecule has 0 heterocycles. The van der Waals surface area contributed by atoms with E-state index in [-0.39, 0.29) is 12.7 Å². The molecule has 1 atom stereocenters. The Morgan fingerprint density at radius 1 is 1.56 bits per heavy atom. The Labute approximate surface area is 106 Å². The van der Waals surface area contributed by atoms with Crippen molar-refractivity contribution in [2.24, 2.45) is 0 Å². The summed E-state index contributed by atoms with van der Waals surface area (Å²) in [6.45, 7) is 4.21. The second-order valence-corrected chi connectivity index (χ2v) is 2.80. The molecule has 7 nitrogen and oxygen atoms in total. The van der Waals surface area contributed by atoms with Gasteiger partial charge in [0, 0.05) is 6.08 Å². The van der Waals surface area contributed by atoms with E-state index < -0.39 is 5.97 Å². The van der Waals surface area contributed by atoms with Gasteiger partial charge in [0.2, 0.25) is 6.08 Å². The van der Waals surface area contributed by atoms with Crippen molar-refractivity contribution in [3.63, 3.8) is 0 Å². The number of ether oxygens (including phenoxy) is 1. The number of nitrogens with one attached hydrogen (secondary N) is 1. The highest BCUT2D eigenvalue weighted by Gasteiger charge is 1.97. The fraction of sp³-hybridized carbons (Fsp3) is 0.636. The number of hydrogen-bond donors (Lipinski definition) is 4. The van der Waals surface area contributed by atoms with Crippen molar-refractivity contribution in [2.45, 2.75) is 26.4 Å². The molecule has 1 unspecified atom stereocenters. The number of aliphatic carboxylic acids is 1. The highest BCUT2D eigenvalue weighted by atomic mass is 16.5. The van der Waals surface area contributed by atoms with Gasteiger partial charge >= 0.3 is 5.97 Å². The van der Waals surface area contributed by atoms with Crippen molar-refractivity contribution in [1.82, 2.24) is 0 Å². The van der Waals surface area contributed by atoms with Gasteiger partial charge in [-0.25, -0.2) is 15.0 Å². The Morgan fingerprint density at radius 3 is 2.28 bits per heavy atom. The number of carbonyl (C=O) groups is 1. The van der Waals surface area contributed by atoms with Gasteiger partial charge in [-0.05, 0) is 13.3 Å². The summed E-state index contributed by atoms with van der Waals surface area (Å²) in [4.78, 5) is 17.9. The summed E-state index contributed by atoms with van der Waals surface area (Å²) in [6.07, 6.45) is 3.63. The van der Waals surface area contributed by atoms with Crippen LogP contribution in [0.1, 0.15) is 20.3 Å². The van der Waals surface area contributed by atoms with E-state index in [1.54, 1.807) is 6.92 Å². The van der Waals surface area contributed by atoms with E-state index in [0.29, 0.717) is 19.6 Å². The first-order valence-electron chi connectivity index (χ1n) is 5.26. The lowest BCUT2D eigenvalue weighted by Crippen LogP contribution is -2.15. The van der Waals surface area contributed by atoms with Crippen LogP contribution in [-0.4, -0.2) is 53.3 Å². The number of carboxylic acid groups (broad SMARTS) is 1. The lowest BCUT2D eigenvalue weighted by molar-refractivity contribution is -0.131. The van der Waals surface area contributed by atoms with Crippen LogP contribution in [0.5, 0.6) is 0 Å². The molecule has 0 rings (SSSR count). The van der Waals surface area contributed by atoms with Gasteiger partial charge in [0.1, 0.15) is 0 Å². The molecule has 0 fully saturated rings. The van der Waals surface area contributed by atoms with Crippen LogP contribution in [0.3, 0.4) is 0 Å². The van der Waals surface area contributed by atoms with Gasteiger partial charge in [0.05, 0.1) is 25.9 Å². The first kappa shape index (κ1) is 21.7. The largest absolute Gasteiger partial charge is 0.478 e. The zero-order valence-electron chi connectivity index (χ0n) is 10.6. The average Bonchev–Trinajstić information content (AvgIpc) is 2.31. The molecule has 0 saturated heterocycles. The van der Waals surface area contributed by atoms with Gasteiger partial charge in [0.25, 0.3) is 0 Å². The Balaban J connectivity index is -0.000000216. The normalized spacial score (nSPS) is 10.4. The number of aliphatic hydroxyl groups excluding tert-OH is 2. The molecular weight excluding hydrogens is 242 g/mol. The Morgan fingerprint density at radius 2 is 2.06 bits per heavy atom. The molecule has 106 valence electrons. The number of aliphatic hydroxyl groups is 2. The molecule has 0 aliphatic rings. The maximum atomic E-state index is 9.51. The van der Waals surface area contributed by atoms with Gasteiger partial charge in [0.15, 0.2) is 0 Å². The second kappa shape index (κ2) is 20.8. The first-order chi connectivity index (χ1) is 8.49. The summed E-state index contributed by atoms with van der Waals surface area (Å²) < 4.78 is 4.84. The average molecular weight is 263 g/mol. The third-order valence-electron chi connectivity index (χ3n) is 1.33. The molecule has 0 aromatic rings. The maximum Gasteiger partial charge on any atom is 0.327 e. The molecule has 0 saturated carbocycles. The zero-order valence-corrected chi connectivity index (χ0v) is 10.6. The number of allylic oxidation sites excluding steroid dienone is 1. The van der Waals surface area contributed by atoms with Crippen LogP contribution < -0.4 is 0 Å². The minimum atomic E-state index is -0.891. The standard InChI is InChI=1S/C6H14O3.C4H6O2.CHNO/c1-2-6(8)5-9-4-3-7;1-2-3-4(5)6;2-1-3/h6-8H,2-5H2,1H3;2-3H,1H3,(H,5,6);2H. The number of hydrogen-bond acceptors (Lipinski definition) is 6. The third-order valence-corrected chi connectivity index (χ3v) is 1.33. The molecule has 0 bridgehead atoms. The van der Waals surface area contributed by atoms with E-state index in [0.717, 1.165) is 12.2 Å². The van der Waals surface area contributed by atoms with Gasteiger partial charge in [-0.1, -0.05) is 13.0 Å². The van der Waals surface area contributed by atoms with E-state index in [1.807, 2.05) is 6.92 Å². The van der Waals surface area contributed by atoms with E-state index in [1.165, 1.54) is 6.08 Å². The molecule has 4 N–H and O–H groups in total. The van der Waals surface area contributed by atoms with Gasteiger partial charge in [-0.2, -0.15) is 0 Å². The van der Waals surface area contributed by atoms with E-state index in [4.69, 9.17) is 30.3 Å². The summed E-state index contributed by atoms with van der Waals surface area (Å²) in [5.41, 5.74) is 0. The van der Waals surface area contributed by atoms with Crippen molar-refractivity contribution < 1.29 is 29.6 Å². The number of carbonyl (C=O) groups excluding carboxylic acids is 1. The highest BCUT2D eigenvalue weighted by molar-refractivity contribution is 5.79. The lowest BCUT2D eigenvalue weighted by Gasteiger charge is -2.06. The van der Waals surface area contributed by atoms with Gasteiger partial charge < -0.3 is 20.1 Å². The smallest absolute Gasteiger partial charge is 0.327 e. The van der Waals surface area contributed by atoms with Crippen molar-refractivity contribution in [3.05, 3.63) is 12.2 Å². The van der Waals surface area contributed by atoms with Crippen LogP contribution in [0.15, 0.2) is 12.2 Å². The molecule has 0 aliphatic heterocycles. The number of rotatable bonds is 6. The van der Waals surface area contributed by atoms with E-state index in [9.17, 15) is 4.79 Å². The topological polar surface area (TPSA) is 128 Å². The third kappa shape index (κ3) is 36.6. The summed E-state index contributed by atoms with van der Waals surface area (Å²) in [7, 11) is 0. The first-order valence-corrected chi connectivity index (χ1v) is 5.26. The van der Waals surface area contributed by atoms with E-state index >= 15 is 0 Å². The number of carboxylic acids is 1. The minimum absolute atomic E-state index is 0.0242. The molecule has 0 spiro atoms. The Hall–Kier alpha value is -1.53. The van der Waals surface area contributed by atoms with Gasteiger partial charge in [-0.3, -0.25) is 0 Å². The predicted octanol–water partition coefficient (Wildman–Crippen LogP) is 0.314. The van der Waals surface area contributed by atoms with Crippen molar-refractivity contribution >= 4 is 12.0 Å². The molecule has 0 aromatic carbocycles. The zero-order chi connectivity index (χ0) is 14.8. The maximum absolute atomic E-state index is 9.51. The van der Waals surface area contributed by atoms with Crippen LogP contribution >= 0.6 is 0 Å². The van der Waals surface area contributed by atoms with Crippen molar-refractivity contribution in [2.75, 3.05) is 19.8 Å². The predicted molar refractivity (Wildman–Crippen MR) is 65.1 cm³/mol. The summed E-state index contributed by atoms with van der Waals surface area (Å²) >= 11 is 0. The molecule has 0 aliphatic carbocycles.